The average molecular weight is 254 g/mol. The van der Waals surface area contributed by atoms with E-state index in [1.807, 2.05) is 20.8 Å². The van der Waals surface area contributed by atoms with Crippen LogP contribution in [0.1, 0.15) is 40.0 Å². The lowest BCUT2D eigenvalue weighted by molar-refractivity contribution is -0.0166. The number of hydrogen-bond acceptors (Lipinski definition) is 4. The Balaban J connectivity index is 2.37. The van der Waals surface area contributed by atoms with Gasteiger partial charge in [0.1, 0.15) is 5.54 Å². The topological polar surface area (TPSA) is 54.3 Å². The van der Waals surface area contributed by atoms with Crippen molar-refractivity contribution in [1.82, 2.24) is 5.32 Å². The molecule has 0 amide bonds. The van der Waals surface area contributed by atoms with Gasteiger partial charge in [-0.2, -0.15) is 5.26 Å². The van der Waals surface area contributed by atoms with Crippen LogP contribution in [0.4, 0.5) is 0 Å². The zero-order chi connectivity index (χ0) is 13.6. The van der Waals surface area contributed by atoms with Gasteiger partial charge in [-0.05, 0) is 45.6 Å². The molecule has 1 aliphatic rings. The number of nitriles is 1. The van der Waals surface area contributed by atoms with E-state index in [2.05, 4.69) is 11.4 Å². The fraction of sp³-hybridized carbons (Fsp3) is 0.929. The summed E-state index contributed by atoms with van der Waals surface area (Å²) in [6.07, 6.45) is 3.10. The Labute approximate surface area is 111 Å². The van der Waals surface area contributed by atoms with Crippen LogP contribution in [0.2, 0.25) is 0 Å². The van der Waals surface area contributed by atoms with Crippen LogP contribution in [0.25, 0.3) is 0 Å². The Morgan fingerprint density at radius 3 is 2.50 bits per heavy atom. The molecule has 0 bridgehead atoms. The first-order chi connectivity index (χ1) is 8.49. The van der Waals surface area contributed by atoms with Crippen LogP contribution in [-0.4, -0.2) is 38.0 Å². The summed E-state index contributed by atoms with van der Waals surface area (Å²) in [5, 5.41) is 12.7. The molecule has 1 unspecified atom stereocenters. The molecular weight excluding hydrogens is 228 g/mol. The van der Waals surface area contributed by atoms with Gasteiger partial charge in [-0.3, -0.25) is 5.32 Å². The standard InChI is InChI=1S/C14H26N2O2/c1-5-16-14(10-15,12-6-7-12)11-18-9-8-13(2,3)17-4/h12,16H,5-9,11H2,1-4H3. The van der Waals surface area contributed by atoms with E-state index in [0.717, 1.165) is 25.8 Å². The number of likely N-dealkylation sites (N-methyl/N-ethyl adjacent to an activating group) is 1. The number of nitrogens with one attached hydrogen (secondary N) is 1. The Hall–Kier alpha value is -0.630. The molecule has 0 aromatic carbocycles. The van der Waals surface area contributed by atoms with Crippen molar-refractivity contribution in [2.45, 2.75) is 51.2 Å². The molecule has 0 radical (unpaired) electrons. The third kappa shape index (κ3) is 4.24. The van der Waals surface area contributed by atoms with Crippen molar-refractivity contribution < 1.29 is 9.47 Å². The van der Waals surface area contributed by atoms with E-state index in [1.165, 1.54) is 0 Å². The summed E-state index contributed by atoms with van der Waals surface area (Å²) in [6, 6.07) is 2.42. The SMILES string of the molecule is CCNC(C#N)(COCCC(C)(C)OC)C1CC1. The van der Waals surface area contributed by atoms with Gasteiger partial charge in [-0.15, -0.1) is 0 Å². The van der Waals surface area contributed by atoms with E-state index >= 15 is 0 Å². The lowest BCUT2D eigenvalue weighted by atomic mass is 9.96. The molecule has 0 heterocycles. The highest BCUT2D eigenvalue weighted by Crippen LogP contribution is 2.39. The maximum Gasteiger partial charge on any atom is 0.133 e. The molecule has 1 aliphatic carbocycles. The van der Waals surface area contributed by atoms with E-state index in [4.69, 9.17) is 9.47 Å². The summed E-state index contributed by atoms with van der Waals surface area (Å²) < 4.78 is 11.1. The molecule has 0 aromatic rings. The second-order valence-electron chi connectivity index (χ2n) is 5.65. The third-order valence-corrected chi connectivity index (χ3v) is 3.70. The lowest BCUT2D eigenvalue weighted by Gasteiger charge is -2.28. The molecule has 0 aliphatic heterocycles. The van der Waals surface area contributed by atoms with Crippen molar-refractivity contribution in [2.24, 2.45) is 5.92 Å². The van der Waals surface area contributed by atoms with Crippen LogP contribution >= 0.6 is 0 Å². The predicted molar refractivity (Wildman–Crippen MR) is 71.3 cm³/mol. The van der Waals surface area contributed by atoms with Crippen molar-refractivity contribution >= 4 is 0 Å². The quantitative estimate of drug-likeness (QED) is 0.640. The molecule has 18 heavy (non-hydrogen) atoms. The van der Waals surface area contributed by atoms with Gasteiger partial charge in [0.15, 0.2) is 0 Å². The van der Waals surface area contributed by atoms with E-state index in [9.17, 15) is 5.26 Å². The summed E-state index contributed by atoms with van der Waals surface area (Å²) >= 11 is 0. The van der Waals surface area contributed by atoms with Crippen molar-refractivity contribution in [2.75, 3.05) is 26.9 Å². The normalized spacial score (nSPS) is 19.3. The second-order valence-corrected chi connectivity index (χ2v) is 5.65. The molecule has 104 valence electrons. The predicted octanol–water partition coefficient (Wildman–Crippen LogP) is 2.10. The summed E-state index contributed by atoms with van der Waals surface area (Å²) in [5.74, 6) is 0.456. The minimum absolute atomic E-state index is 0.160. The summed E-state index contributed by atoms with van der Waals surface area (Å²) in [4.78, 5) is 0. The van der Waals surface area contributed by atoms with E-state index < -0.39 is 5.54 Å². The first kappa shape index (κ1) is 15.4. The van der Waals surface area contributed by atoms with Crippen molar-refractivity contribution in [3.8, 4) is 6.07 Å². The summed E-state index contributed by atoms with van der Waals surface area (Å²) in [6.45, 7) is 8.02. The summed E-state index contributed by atoms with van der Waals surface area (Å²) in [5.41, 5.74) is -0.640. The molecule has 0 aromatic heterocycles. The van der Waals surface area contributed by atoms with Gasteiger partial charge >= 0.3 is 0 Å². The second kappa shape index (κ2) is 6.51. The zero-order valence-corrected chi connectivity index (χ0v) is 12.1. The van der Waals surface area contributed by atoms with Gasteiger partial charge in [-0.25, -0.2) is 0 Å². The van der Waals surface area contributed by atoms with Crippen molar-refractivity contribution in [3.63, 3.8) is 0 Å². The van der Waals surface area contributed by atoms with Gasteiger partial charge in [0, 0.05) is 13.7 Å². The van der Waals surface area contributed by atoms with Gasteiger partial charge in [0.05, 0.1) is 18.3 Å². The Bertz CT molecular complexity index is 295. The molecule has 1 saturated carbocycles. The molecule has 1 N–H and O–H groups in total. The number of hydrogen-bond donors (Lipinski definition) is 1. The van der Waals surface area contributed by atoms with Gasteiger partial charge < -0.3 is 9.47 Å². The van der Waals surface area contributed by atoms with E-state index in [0.29, 0.717) is 19.1 Å². The van der Waals surface area contributed by atoms with Crippen LogP contribution in [0.15, 0.2) is 0 Å². The largest absolute Gasteiger partial charge is 0.379 e. The van der Waals surface area contributed by atoms with E-state index in [-0.39, 0.29) is 5.60 Å². The first-order valence-electron chi connectivity index (χ1n) is 6.79. The zero-order valence-electron chi connectivity index (χ0n) is 12.1. The van der Waals surface area contributed by atoms with Crippen LogP contribution in [0.3, 0.4) is 0 Å². The van der Waals surface area contributed by atoms with Crippen LogP contribution in [0, 0.1) is 17.2 Å². The molecule has 0 spiro atoms. The van der Waals surface area contributed by atoms with Crippen LogP contribution in [-0.2, 0) is 9.47 Å². The maximum atomic E-state index is 9.41. The lowest BCUT2D eigenvalue weighted by Crippen LogP contribution is -2.50. The number of nitrogens with zero attached hydrogens (tertiary/aromatic N) is 1. The first-order valence-corrected chi connectivity index (χ1v) is 6.79. The van der Waals surface area contributed by atoms with E-state index in [1.54, 1.807) is 7.11 Å². The third-order valence-electron chi connectivity index (χ3n) is 3.70. The van der Waals surface area contributed by atoms with Crippen molar-refractivity contribution in [1.29, 1.82) is 5.26 Å². The monoisotopic (exact) mass is 254 g/mol. The van der Waals surface area contributed by atoms with Gasteiger partial charge in [-0.1, -0.05) is 6.92 Å². The van der Waals surface area contributed by atoms with Gasteiger partial charge in [0.2, 0.25) is 0 Å². The smallest absolute Gasteiger partial charge is 0.133 e. The number of rotatable bonds is 9. The Kier molecular flexibility index (Phi) is 5.58. The fourth-order valence-corrected chi connectivity index (χ4v) is 2.02. The Morgan fingerprint density at radius 1 is 1.39 bits per heavy atom. The highest BCUT2D eigenvalue weighted by molar-refractivity contribution is 5.15. The molecular formula is C14H26N2O2. The Morgan fingerprint density at radius 2 is 2.06 bits per heavy atom. The molecule has 0 saturated heterocycles. The van der Waals surface area contributed by atoms with Crippen LogP contribution in [0.5, 0.6) is 0 Å². The minimum Gasteiger partial charge on any atom is -0.379 e. The average Bonchev–Trinajstić information content (AvgIpc) is 3.18. The number of ether oxygens (including phenoxy) is 2. The highest BCUT2D eigenvalue weighted by atomic mass is 16.5. The van der Waals surface area contributed by atoms with Crippen LogP contribution < -0.4 is 5.32 Å². The maximum absolute atomic E-state index is 9.41. The van der Waals surface area contributed by atoms with Gasteiger partial charge in [0.25, 0.3) is 0 Å². The molecule has 1 rings (SSSR count). The number of methoxy groups -OCH3 is 1. The molecule has 1 fully saturated rings. The van der Waals surface area contributed by atoms with Crippen molar-refractivity contribution in [3.05, 3.63) is 0 Å². The minimum atomic E-state index is -0.480. The molecule has 4 heteroatoms. The highest BCUT2D eigenvalue weighted by Gasteiger charge is 2.45. The fourth-order valence-electron chi connectivity index (χ4n) is 2.02. The summed E-state index contributed by atoms with van der Waals surface area (Å²) in [7, 11) is 1.71. The molecule has 1 atom stereocenters. The molecule has 4 nitrogen and oxygen atoms in total.